The molecule has 1 fully saturated rings. The highest BCUT2D eigenvalue weighted by Gasteiger charge is 2.23. The molecule has 1 aromatic carbocycles. The van der Waals surface area contributed by atoms with Gasteiger partial charge in [-0.25, -0.2) is 4.39 Å². The first-order chi connectivity index (χ1) is 7.58. The van der Waals surface area contributed by atoms with E-state index in [-0.39, 0.29) is 11.9 Å². The molecular formula is C13H16FNO. The van der Waals surface area contributed by atoms with E-state index in [1.807, 2.05) is 13.0 Å². The molecule has 1 atom stereocenters. The van der Waals surface area contributed by atoms with Crippen molar-refractivity contribution >= 4 is 11.5 Å². The van der Waals surface area contributed by atoms with Gasteiger partial charge in [0.25, 0.3) is 0 Å². The molecule has 1 heterocycles. The van der Waals surface area contributed by atoms with E-state index in [1.54, 1.807) is 19.1 Å². The zero-order valence-electron chi connectivity index (χ0n) is 9.66. The number of ketones is 1. The van der Waals surface area contributed by atoms with Crippen LogP contribution < -0.4 is 4.90 Å². The largest absolute Gasteiger partial charge is 0.368 e. The Kier molecular flexibility index (Phi) is 2.95. The minimum atomic E-state index is -0.179. The second-order valence-electron chi connectivity index (χ2n) is 4.47. The van der Waals surface area contributed by atoms with Crippen molar-refractivity contribution in [2.24, 2.45) is 0 Å². The highest BCUT2D eigenvalue weighted by Crippen LogP contribution is 2.24. The standard InChI is InChI=1S/C13H16FNO/c1-9-3-4-11(8-13(9)14)15-6-5-12(16)7-10(15)2/h3-4,8,10H,5-7H2,1-2H3. The normalized spacial score (nSPS) is 21.3. The summed E-state index contributed by atoms with van der Waals surface area (Å²) in [7, 11) is 0. The number of rotatable bonds is 1. The van der Waals surface area contributed by atoms with Crippen LogP contribution in [0.1, 0.15) is 25.3 Å². The molecule has 0 bridgehead atoms. The molecule has 0 aromatic heterocycles. The highest BCUT2D eigenvalue weighted by atomic mass is 19.1. The minimum absolute atomic E-state index is 0.170. The van der Waals surface area contributed by atoms with E-state index >= 15 is 0 Å². The summed E-state index contributed by atoms with van der Waals surface area (Å²) in [5.74, 6) is 0.123. The molecule has 1 unspecified atom stereocenters. The Bertz CT molecular complexity index is 416. The zero-order valence-corrected chi connectivity index (χ0v) is 9.66. The van der Waals surface area contributed by atoms with Gasteiger partial charge in [0, 0.05) is 31.1 Å². The molecule has 1 aliphatic heterocycles. The summed E-state index contributed by atoms with van der Waals surface area (Å²) < 4.78 is 13.4. The van der Waals surface area contributed by atoms with Gasteiger partial charge >= 0.3 is 0 Å². The van der Waals surface area contributed by atoms with Gasteiger partial charge in [-0.15, -0.1) is 0 Å². The Hall–Kier alpha value is -1.38. The van der Waals surface area contributed by atoms with Crippen LogP contribution in [0.4, 0.5) is 10.1 Å². The van der Waals surface area contributed by atoms with Crippen molar-refractivity contribution in [2.75, 3.05) is 11.4 Å². The predicted molar refractivity (Wildman–Crippen MR) is 62.2 cm³/mol. The van der Waals surface area contributed by atoms with E-state index in [0.717, 1.165) is 5.69 Å². The van der Waals surface area contributed by atoms with Gasteiger partial charge in [-0.1, -0.05) is 6.07 Å². The maximum absolute atomic E-state index is 13.4. The third-order valence-corrected chi connectivity index (χ3v) is 3.17. The van der Waals surface area contributed by atoms with Gasteiger partial charge in [-0.2, -0.15) is 0 Å². The molecular weight excluding hydrogens is 205 g/mol. The van der Waals surface area contributed by atoms with E-state index in [9.17, 15) is 9.18 Å². The molecule has 0 saturated carbocycles. The van der Waals surface area contributed by atoms with Crippen molar-refractivity contribution in [3.8, 4) is 0 Å². The number of Topliss-reactive ketones (excluding diaryl/α,β-unsaturated/α-hetero) is 1. The summed E-state index contributed by atoms with van der Waals surface area (Å²) in [6, 6.07) is 5.43. The number of aryl methyl sites for hydroxylation is 1. The number of carbonyl (C=O) groups is 1. The fourth-order valence-corrected chi connectivity index (χ4v) is 2.15. The number of halogens is 1. The molecule has 0 amide bonds. The van der Waals surface area contributed by atoms with Crippen LogP contribution in [0.5, 0.6) is 0 Å². The lowest BCUT2D eigenvalue weighted by molar-refractivity contribution is -0.120. The molecule has 1 saturated heterocycles. The van der Waals surface area contributed by atoms with Crippen molar-refractivity contribution in [1.29, 1.82) is 0 Å². The SMILES string of the molecule is Cc1ccc(N2CCC(=O)CC2C)cc1F. The number of benzene rings is 1. The van der Waals surface area contributed by atoms with Crippen LogP contribution in [0, 0.1) is 12.7 Å². The molecule has 86 valence electrons. The van der Waals surface area contributed by atoms with Crippen LogP contribution in [0.3, 0.4) is 0 Å². The van der Waals surface area contributed by atoms with Crippen molar-refractivity contribution < 1.29 is 9.18 Å². The first kappa shape index (κ1) is 11.1. The molecule has 3 heteroatoms. The third kappa shape index (κ3) is 2.08. The number of hydrogen-bond acceptors (Lipinski definition) is 2. The van der Waals surface area contributed by atoms with Gasteiger partial charge in [-0.05, 0) is 31.5 Å². The summed E-state index contributed by atoms with van der Waals surface area (Å²) in [6.45, 7) is 4.46. The van der Waals surface area contributed by atoms with E-state index in [0.29, 0.717) is 30.7 Å². The van der Waals surface area contributed by atoms with E-state index in [4.69, 9.17) is 0 Å². The Morgan fingerprint density at radius 3 is 2.81 bits per heavy atom. The maximum Gasteiger partial charge on any atom is 0.136 e. The molecule has 0 spiro atoms. The van der Waals surface area contributed by atoms with Crippen LogP contribution in [0.2, 0.25) is 0 Å². The Balaban J connectivity index is 2.23. The van der Waals surface area contributed by atoms with Gasteiger partial charge in [-0.3, -0.25) is 4.79 Å². The van der Waals surface area contributed by atoms with Crippen molar-refractivity contribution in [3.63, 3.8) is 0 Å². The number of nitrogens with zero attached hydrogens (tertiary/aromatic N) is 1. The zero-order chi connectivity index (χ0) is 11.7. The Labute approximate surface area is 95.1 Å². The number of hydrogen-bond donors (Lipinski definition) is 0. The highest BCUT2D eigenvalue weighted by molar-refractivity contribution is 5.81. The second-order valence-corrected chi connectivity index (χ2v) is 4.47. The maximum atomic E-state index is 13.4. The molecule has 1 aliphatic rings. The van der Waals surface area contributed by atoms with Crippen molar-refractivity contribution in [1.82, 2.24) is 0 Å². The van der Waals surface area contributed by atoms with Crippen LogP contribution in [-0.2, 0) is 4.79 Å². The summed E-state index contributed by atoms with van der Waals surface area (Å²) >= 11 is 0. The van der Waals surface area contributed by atoms with Crippen LogP contribution in [0.25, 0.3) is 0 Å². The quantitative estimate of drug-likeness (QED) is 0.726. The fourth-order valence-electron chi connectivity index (χ4n) is 2.15. The number of piperidine rings is 1. The molecule has 0 N–H and O–H groups in total. The number of carbonyl (C=O) groups excluding carboxylic acids is 1. The van der Waals surface area contributed by atoms with Gasteiger partial charge in [0.1, 0.15) is 11.6 Å². The summed E-state index contributed by atoms with van der Waals surface area (Å²) in [6.07, 6.45) is 1.13. The monoisotopic (exact) mass is 221 g/mol. The van der Waals surface area contributed by atoms with Gasteiger partial charge in [0.15, 0.2) is 0 Å². The first-order valence-electron chi connectivity index (χ1n) is 5.62. The molecule has 0 radical (unpaired) electrons. The average molecular weight is 221 g/mol. The fraction of sp³-hybridized carbons (Fsp3) is 0.462. The van der Waals surface area contributed by atoms with Crippen LogP contribution >= 0.6 is 0 Å². The predicted octanol–water partition coefficient (Wildman–Crippen LogP) is 2.69. The van der Waals surface area contributed by atoms with E-state index in [1.165, 1.54) is 0 Å². The second kappa shape index (κ2) is 4.24. The van der Waals surface area contributed by atoms with Gasteiger partial charge < -0.3 is 4.90 Å². The molecule has 16 heavy (non-hydrogen) atoms. The lowest BCUT2D eigenvalue weighted by Gasteiger charge is -2.34. The summed E-state index contributed by atoms with van der Waals surface area (Å²) in [4.78, 5) is 13.4. The van der Waals surface area contributed by atoms with Gasteiger partial charge in [0.2, 0.25) is 0 Å². The third-order valence-electron chi connectivity index (χ3n) is 3.17. The summed E-state index contributed by atoms with van der Waals surface area (Å²) in [5.41, 5.74) is 1.53. The summed E-state index contributed by atoms with van der Waals surface area (Å²) in [5, 5.41) is 0. The molecule has 1 aromatic rings. The Morgan fingerprint density at radius 1 is 1.44 bits per heavy atom. The lowest BCUT2D eigenvalue weighted by Crippen LogP contribution is -2.41. The average Bonchev–Trinajstić information content (AvgIpc) is 2.22. The van der Waals surface area contributed by atoms with Crippen molar-refractivity contribution in [3.05, 3.63) is 29.6 Å². The van der Waals surface area contributed by atoms with Crippen molar-refractivity contribution in [2.45, 2.75) is 32.7 Å². The molecule has 0 aliphatic carbocycles. The molecule has 2 rings (SSSR count). The molecule has 2 nitrogen and oxygen atoms in total. The van der Waals surface area contributed by atoms with Crippen LogP contribution in [-0.4, -0.2) is 18.4 Å². The van der Waals surface area contributed by atoms with E-state index < -0.39 is 0 Å². The lowest BCUT2D eigenvalue weighted by atomic mass is 10.0. The minimum Gasteiger partial charge on any atom is -0.368 e. The first-order valence-corrected chi connectivity index (χ1v) is 5.62. The topological polar surface area (TPSA) is 20.3 Å². The van der Waals surface area contributed by atoms with Crippen LogP contribution in [0.15, 0.2) is 18.2 Å². The van der Waals surface area contributed by atoms with E-state index in [2.05, 4.69) is 4.90 Å². The Morgan fingerprint density at radius 2 is 2.19 bits per heavy atom. The smallest absolute Gasteiger partial charge is 0.136 e. The van der Waals surface area contributed by atoms with Gasteiger partial charge in [0.05, 0.1) is 0 Å². The number of anilines is 1.